The number of carbonyl (C=O) groups is 2. The third-order valence-corrected chi connectivity index (χ3v) is 3.09. The van der Waals surface area contributed by atoms with E-state index in [1.165, 1.54) is 30.3 Å². The van der Waals surface area contributed by atoms with Crippen LogP contribution in [0.3, 0.4) is 0 Å². The third kappa shape index (κ3) is 2.23. The summed E-state index contributed by atoms with van der Waals surface area (Å²) in [6.45, 7) is 0. The molecule has 0 unspecified atom stereocenters. The number of carboxylic acids is 1. The van der Waals surface area contributed by atoms with Gasteiger partial charge in [-0.2, -0.15) is 0 Å². The zero-order valence-corrected chi connectivity index (χ0v) is 10.6. The zero-order valence-electron chi connectivity index (χ0n) is 10.6. The predicted octanol–water partition coefficient (Wildman–Crippen LogP) is 2.05. The molecular weight excluding hydrogens is 274 g/mol. The minimum absolute atomic E-state index is 0.0712. The molecule has 21 heavy (non-hydrogen) atoms. The first-order valence-electron chi connectivity index (χ1n) is 6.06. The minimum atomic E-state index is -1.17. The highest BCUT2D eigenvalue weighted by Gasteiger charge is 2.18. The Morgan fingerprint density at radius 3 is 2.48 bits per heavy atom. The van der Waals surface area contributed by atoms with Crippen molar-refractivity contribution in [2.45, 2.75) is 0 Å². The van der Waals surface area contributed by atoms with E-state index in [0.29, 0.717) is 5.52 Å². The molecule has 0 amide bonds. The first-order chi connectivity index (χ1) is 10.1. The Bertz CT molecular complexity index is 919. The number of oxazole rings is 1. The summed E-state index contributed by atoms with van der Waals surface area (Å²) in [6.07, 6.45) is 0. The van der Waals surface area contributed by atoms with Gasteiger partial charge in [0.15, 0.2) is 11.4 Å². The Balaban J connectivity index is 2.12. The number of H-pyrrole nitrogens is 1. The van der Waals surface area contributed by atoms with E-state index in [2.05, 4.69) is 4.98 Å². The van der Waals surface area contributed by atoms with Gasteiger partial charge in [-0.1, -0.05) is 18.2 Å². The van der Waals surface area contributed by atoms with Gasteiger partial charge in [0.1, 0.15) is 0 Å². The Kier molecular flexibility index (Phi) is 2.91. The quantitative estimate of drug-likeness (QED) is 0.716. The number of ketones is 1. The van der Waals surface area contributed by atoms with Crippen molar-refractivity contribution in [2.75, 3.05) is 0 Å². The van der Waals surface area contributed by atoms with Gasteiger partial charge in [-0.3, -0.25) is 9.78 Å². The predicted molar refractivity (Wildman–Crippen MR) is 73.7 cm³/mol. The molecule has 1 aromatic heterocycles. The van der Waals surface area contributed by atoms with Crippen molar-refractivity contribution in [1.29, 1.82) is 0 Å². The second-order valence-electron chi connectivity index (χ2n) is 4.41. The van der Waals surface area contributed by atoms with Gasteiger partial charge in [-0.25, -0.2) is 9.59 Å². The Hall–Kier alpha value is -3.15. The molecule has 0 bridgehead atoms. The van der Waals surface area contributed by atoms with Crippen molar-refractivity contribution in [2.24, 2.45) is 0 Å². The van der Waals surface area contributed by atoms with Crippen molar-refractivity contribution in [1.82, 2.24) is 4.98 Å². The van der Waals surface area contributed by atoms with Crippen molar-refractivity contribution < 1.29 is 19.1 Å². The number of hydrogen-bond acceptors (Lipinski definition) is 4. The maximum atomic E-state index is 12.4. The van der Waals surface area contributed by atoms with Crippen LogP contribution in [0.1, 0.15) is 26.3 Å². The van der Waals surface area contributed by atoms with Crippen molar-refractivity contribution in [3.8, 4) is 0 Å². The van der Waals surface area contributed by atoms with Gasteiger partial charge in [0.05, 0.1) is 11.1 Å². The molecule has 1 heterocycles. The lowest BCUT2D eigenvalue weighted by molar-refractivity contribution is 0.0693. The lowest BCUT2D eigenvalue weighted by Crippen LogP contribution is -2.09. The van der Waals surface area contributed by atoms with Gasteiger partial charge < -0.3 is 9.52 Å². The van der Waals surface area contributed by atoms with Crippen molar-refractivity contribution >= 4 is 22.9 Å². The molecule has 0 fully saturated rings. The molecule has 0 saturated carbocycles. The highest BCUT2D eigenvalue weighted by molar-refractivity contribution is 6.14. The second kappa shape index (κ2) is 4.75. The van der Waals surface area contributed by atoms with Crippen LogP contribution in [-0.2, 0) is 0 Å². The van der Waals surface area contributed by atoms with Crippen LogP contribution in [0.5, 0.6) is 0 Å². The fourth-order valence-electron chi connectivity index (χ4n) is 2.11. The zero-order chi connectivity index (χ0) is 15.0. The van der Waals surface area contributed by atoms with Gasteiger partial charge >= 0.3 is 11.7 Å². The van der Waals surface area contributed by atoms with Crippen LogP contribution >= 0.6 is 0 Å². The fourth-order valence-corrected chi connectivity index (χ4v) is 2.11. The number of carboxylic acid groups (broad SMARTS) is 1. The Labute approximate surface area is 117 Å². The molecule has 0 radical (unpaired) electrons. The monoisotopic (exact) mass is 283 g/mol. The standard InChI is InChI=1S/C15H9NO5/c17-13(9-3-1-2-4-10(9)14(18)19)8-5-6-11-12(7-8)21-15(20)16-11/h1-7H,(H,16,20)(H,18,19). The normalized spacial score (nSPS) is 10.7. The van der Waals surface area contributed by atoms with E-state index < -0.39 is 17.5 Å². The van der Waals surface area contributed by atoms with E-state index in [9.17, 15) is 14.4 Å². The molecule has 6 heteroatoms. The first-order valence-corrected chi connectivity index (χ1v) is 6.06. The number of carbonyl (C=O) groups excluding carboxylic acids is 1. The number of benzene rings is 2. The Morgan fingerprint density at radius 1 is 1.05 bits per heavy atom. The van der Waals surface area contributed by atoms with E-state index in [1.807, 2.05) is 0 Å². The van der Waals surface area contributed by atoms with E-state index in [1.54, 1.807) is 12.1 Å². The molecule has 0 aliphatic rings. The maximum Gasteiger partial charge on any atom is 0.417 e. The summed E-state index contributed by atoms with van der Waals surface area (Å²) < 4.78 is 4.89. The highest BCUT2D eigenvalue weighted by atomic mass is 16.4. The van der Waals surface area contributed by atoms with Crippen LogP contribution < -0.4 is 5.76 Å². The second-order valence-corrected chi connectivity index (χ2v) is 4.41. The van der Waals surface area contributed by atoms with Gasteiger partial charge in [-0.15, -0.1) is 0 Å². The first kappa shape index (κ1) is 12.9. The number of fused-ring (bicyclic) bond motifs is 1. The summed E-state index contributed by atoms with van der Waals surface area (Å²) in [5.41, 5.74) is 0.987. The molecule has 2 aromatic carbocycles. The minimum Gasteiger partial charge on any atom is -0.478 e. The van der Waals surface area contributed by atoms with Crippen LogP contribution in [0.25, 0.3) is 11.1 Å². The molecule has 0 aliphatic heterocycles. The summed E-state index contributed by atoms with van der Waals surface area (Å²) in [7, 11) is 0. The number of aromatic carboxylic acids is 1. The van der Waals surface area contributed by atoms with E-state index in [4.69, 9.17) is 9.52 Å². The van der Waals surface area contributed by atoms with Crippen LogP contribution in [0, 0.1) is 0 Å². The average Bonchev–Trinajstić information content (AvgIpc) is 2.85. The number of aromatic amines is 1. The molecule has 3 rings (SSSR count). The average molecular weight is 283 g/mol. The third-order valence-electron chi connectivity index (χ3n) is 3.09. The van der Waals surface area contributed by atoms with Gasteiger partial charge in [0.25, 0.3) is 0 Å². The van der Waals surface area contributed by atoms with E-state index >= 15 is 0 Å². The van der Waals surface area contributed by atoms with Gasteiger partial charge in [0, 0.05) is 11.1 Å². The number of hydrogen-bond donors (Lipinski definition) is 2. The highest BCUT2D eigenvalue weighted by Crippen LogP contribution is 2.18. The molecule has 0 saturated heterocycles. The summed E-state index contributed by atoms with van der Waals surface area (Å²) in [6, 6.07) is 10.4. The molecule has 6 nitrogen and oxygen atoms in total. The van der Waals surface area contributed by atoms with E-state index in [-0.39, 0.29) is 22.3 Å². The van der Waals surface area contributed by atoms with E-state index in [0.717, 1.165) is 0 Å². The van der Waals surface area contributed by atoms with Crippen LogP contribution in [0.15, 0.2) is 51.7 Å². The molecule has 0 aliphatic carbocycles. The fraction of sp³-hybridized carbons (Fsp3) is 0. The lowest BCUT2D eigenvalue weighted by Gasteiger charge is -2.04. The van der Waals surface area contributed by atoms with Gasteiger partial charge in [-0.05, 0) is 24.3 Å². The lowest BCUT2D eigenvalue weighted by atomic mass is 9.98. The molecule has 3 aromatic rings. The maximum absolute atomic E-state index is 12.4. The molecule has 0 spiro atoms. The summed E-state index contributed by atoms with van der Waals surface area (Å²) in [5, 5.41) is 9.12. The SMILES string of the molecule is O=C(O)c1ccccc1C(=O)c1ccc2[nH]c(=O)oc2c1. The summed E-state index contributed by atoms with van der Waals surface area (Å²) >= 11 is 0. The van der Waals surface area contributed by atoms with Crippen LogP contribution in [0.2, 0.25) is 0 Å². The largest absolute Gasteiger partial charge is 0.478 e. The molecular formula is C15H9NO5. The number of rotatable bonds is 3. The van der Waals surface area contributed by atoms with Crippen molar-refractivity contribution in [3.63, 3.8) is 0 Å². The topological polar surface area (TPSA) is 100 Å². The number of aromatic nitrogens is 1. The van der Waals surface area contributed by atoms with Crippen LogP contribution in [-0.4, -0.2) is 21.8 Å². The Morgan fingerprint density at radius 2 is 1.76 bits per heavy atom. The summed E-state index contributed by atoms with van der Waals surface area (Å²) in [5.74, 6) is -2.23. The smallest absolute Gasteiger partial charge is 0.417 e. The number of nitrogens with one attached hydrogen (secondary N) is 1. The van der Waals surface area contributed by atoms with Gasteiger partial charge in [0.2, 0.25) is 0 Å². The van der Waals surface area contributed by atoms with Crippen molar-refractivity contribution in [3.05, 3.63) is 69.7 Å². The molecule has 0 atom stereocenters. The molecule has 104 valence electrons. The van der Waals surface area contributed by atoms with Crippen LogP contribution in [0.4, 0.5) is 0 Å². The summed E-state index contributed by atoms with van der Waals surface area (Å²) in [4.78, 5) is 37.1. The molecule has 2 N–H and O–H groups in total.